The Morgan fingerprint density at radius 3 is 2.76 bits per heavy atom. The van der Waals surface area contributed by atoms with Gasteiger partial charge in [0, 0.05) is 19.8 Å². The van der Waals surface area contributed by atoms with Gasteiger partial charge in [0.25, 0.3) is 0 Å². The van der Waals surface area contributed by atoms with Crippen molar-refractivity contribution in [2.45, 2.75) is 18.5 Å². The summed E-state index contributed by atoms with van der Waals surface area (Å²) in [5, 5.41) is 0.814. The number of rotatable bonds is 3. The van der Waals surface area contributed by atoms with Crippen LogP contribution in [0.1, 0.15) is 13.3 Å². The number of H-pyrrole nitrogens is 1. The van der Waals surface area contributed by atoms with Crippen LogP contribution in [0.2, 0.25) is 0 Å². The molecule has 0 unspecified atom stereocenters. The predicted octanol–water partition coefficient (Wildman–Crippen LogP) is 1.83. The molecule has 0 spiro atoms. The monoisotopic (exact) mass is 270 g/mol. The third-order valence-electron chi connectivity index (χ3n) is 2.52. The molecule has 0 aliphatic heterocycles. The van der Waals surface area contributed by atoms with E-state index in [2.05, 4.69) is 16.9 Å². The molecule has 2 heterocycles. The Morgan fingerprint density at radius 1 is 1.41 bits per heavy atom. The number of thioether (sulfide) groups is 1. The lowest BCUT2D eigenvalue weighted by atomic mass is 10.5. The Morgan fingerprint density at radius 2 is 2.12 bits per heavy atom. The van der Waals surface area contributed by atoms with Gasteiger partial charge in [-0.25, -0.2) is 9.78 Å². The summed E-state index contributed by atoms with van der Waals surface area (Å²) in [6, 6.07) is 0. The second-order valence-electron chi connectivity index (χ2n) is 3.79. The normalized spacial score (nSPS) is 11.2. The zero-order valence-electron chi connectivity index (χ0n) is 9.98. The first-order valence-corrected chi connectivity index (χ1v) is 6.74. The molecule has 2 aromatic rings. The van der Waals surface area contributed by atoms with Crippen molar-refractivity contribution < 1.29 is 0 Å². The van der Waals surface area contributed by atoms with Gasteiger partial charge in [-0.05, 0) is 6.42 Å². The standard InChI is InChI=1S/C10H14N4OS2/c1-4-5-17-9-11-6-7(12-9)13(2)10(15)14(3)8(6)16/h4-5H2,1-3H3,(H,11,12). The van der Waals surface area contributed by atoms with Gasteiger partial charge in [0.15, 0.2) is 10.8 Å². The number of fused-ring (bicyclic) bond motifs is 1. The van der Waals surface area contributed by atoms with Crippen LogP contribution in [0, 0.1) is 4.64 Å². The van der Waals surface area contributed by atoms with Gasteiger partial charge in [0.05, 0.1) is 0 Å². The Bertz CT molecular complexity index is 667. The van der Waals surface area contributed by atoms with Gasteiger partial charge in [0.2, 0.25) is 0 Å². The van der Waals surface area contributed by atoms with E-state index in [4.69, 9.17) is 12.2 Å². The maximum Gasteiger partial charge on any atom is 0.330 e. The van der Waals surface area contributed by atoms with Crippen LogP contribution in [-0.2, 0) is 14.1 Å². The first-order valence-electron chi connectivity index (χ1n) is 5.34. The molecule has 92 valence electrons. The summed E-state index contributed by atoms with van der Waals surface area (Å²) in [7, 11) is 3.37. The Hall–Kier alpha value is -1.08. The zero-order chi connectivity index (χ0) is 12.6. The number of aromatic amines is 1. The van der Waals surface area contributed by atoms with Crippen molar-refractivity contribution in [2.75, 3.05) is 5.75 Å². The fourth-order valence-electron chi connectivity index (χ4n) is 1.57. The van der Waals surface area contributed by atoms with Crippen LogP contribution in [0.5, 0.6) is 0 Å². The average molecular weight is 270 g/mol. The van der Waals surface area contributed by atoms with E-state index < -0.39 is 0 Å². The zero-order valence-corrected chi connectivity index (χ0v) is 11.6. The van der Waals surface area contributed by atoms with E-state index >= 15 is 0 Å². The van der Waals surface area contributed by atoms with Gasteiger partial charge < -0.3 is 4.98 Å². The van der Waals surface area contributed by atoms with Crippen LogP contribution < -0.4 is 5.69 Å². The van der Waals surface area contributed by atoms with Gasteiger partial charge in [-0.15, -0.1) is 0 Å². The number of nitrogens with one attached hydrogen (secondary N) is 1. The molecule has 0 atom stereocenters. The highest BCUT2D eigenvalue weighted by molar-refractivity contribution is 7.99. The van der Waals surface area contributed by atoms with Crippen LogP contribution in [0.3, 0.4) is 0 Å². The molecule has 0 saturated carbocycles. The molecule has 0 aliphatic carbocycles. The fraction of sp³-hybridized carbons (Fsp3) is 0.500. The van der Waals surface area contributed by atoms with Crippen molar-refractivity contribution in [1.29, 1.82) is 0 Å². The number of aromatic nitrogens is 4. The second kappa shape index (κ2) is 4.66. The highest BCUT2D eigenvalue weighted by Crippen LogP contribution is 2.19. The minimum Gasteiger partial charge on any atom is -0.329 e. The summed E-state index contributed by atoms with van der Waals surface area (Å²) in [5.41, 5.74) is 1.22. The molecule has 0 amide bonds. The highest BCUT2D eigenvalue weighted by atomic mass is 32.2. The summed E-state index contributed by atoms with van der Waals surface area (Å²) in [6.45, 7) is 2.11. The molecule has 2 aromatic heterocycles. The Balaban J connectivity index is 2.69. The summed E-state index contributed by atoms with van der Waals surface area (Å²) < 4.78 is 3.46. The van der Waals surface area contributed by atoms with Crippen LogP contribution >= 0.6 is 24.0 Å². The largest absolute Gasteiger partial charge is 0.330 e. The minimum atomic E-state index is -0.152. The van der Waals surface area contributed by atoms with Crippen molar-refractivity contribution in [2.24, 2.45) is 14.1 Å². The van der Waals surface area contributed by atoms with E-state index in [0.717, 1.165) is 22.8 Å². The molecule has 2 rings (SSSR count). The summed E-state index contributed by atoms with van der Waals surface area (Å²) in [4.78, 5) is 19.4. The van der Waals surface area contributed by atoms with Gasteiger partial charge >= 0.3 is 5.69 Å². The second-order valence-corrected chi connectivity index (χ2v) is 5.27. The minimum absolute atomic E-state index is 0.152. The van der Waals surface area contributed by atoms with Crippen LogP contribution in [0.25, 0.3) is 11.2 Å². The van der Waals surface area contributed by atoms with E-state index in [1.807, 2.05) is 0 Å². The van der Waals surface area contributed by atoms with E-state index in [1.165, 1.54) is 9.13 Å². The molecular formula is C10H14N4OS2. The van der Waals surface area contributed by atoms with Crippen molar-refractivity contribution in [3.63, 3.8) is 0 Å². The number of hydrogen-bond donors (Lipinski definition) is 1. The molecule has 0 radical (unpaired) electrons. The first-order chi connectivity index (χ1) is 8.06. The fourth-order valence-corrected chi connectivity index (χ4v) is 2.52. The van der Waals surface area contributed by atoms with Crippen molar-refractivity contribution >= 4 is 35.1 Å². The molecule has 0 fully saturated rings. The average Bonchev–Trinajstić information content (AvgIpc) is 2.75. The van der Waals surface area contributed by atoms with Gasteiger partial charge in [-0.2, -0.15) is 0 Å². The molecule has 0 aliphatic rings. The Labute approximate surface area is 108 Å². The van der Waals surface area contributed by atoms with Gasteiger partial charge in [-0.3, -0.25) is 9.13 Å². The van der Waals surface area contributed by atoms with Gasteiger partial charge in [0.1, 0.15) is 10.2 Å². The lowest BCUT2D eigenvalue weighted by Crippen LogP contribution is -2.27. The summed E-state index contributed by atoms with van der Waals surface area (Å²) >= 11 is 6.87. The lowest BCUT2D eigenvalue weighted by molar-refractivity contribution is 0.721. The first kappa shape index (κ1) is 12.4. The lowest BCUT2D eigenvalue weighted by Gasteiger charge is -2.02. The van der Waals surface area contributed by atoms with Crippen LogP contribution in [0.15, 0.2) is 9.95 Å². The van der Waals surface area contributed by atoms with E-state index in [1.54, 1.807) is 25.9 Å². The molecule has 17 heavy (non-hydrogen) atoms. The molecule has 0 bridgehead atoms. The van der Waals surface area contributed by atoms with Crippen molar-refractivity contribution in [1.82, 2.24) is 19.1 Å². The van der Waals surface area contributed by atoms with E-state index in [0.29, 0.717) is 10.3 Å². The van der Waals surface area contributed by atoms with Crippen molar-refractivity contribution in [3.05, 3.63) is 15.1 Å². The van der Waals surface area contributed by atoms with Crippen molar-refractivity contribution in [3.8, 4) is 0 Å². The molecule has 7 heteroatoms. The smallest absolute Gasteiger partial charge is 0.329 e. The molecule has 1 N–H and O–H groups in total. The number of imidazole rings is 1. The van der Waals surface area contributed by atoms with Gasteiger partial charge in [-0.1, -0.05) is 30.9 Å². The molecule has 0 aromatic carbocycles. The topological polar surface area (TPSA) is 55.6 Å². The SMILES string of the molecule is CCCSc1nc2c([nH]1)c(=S)n(C)c(=O)n2C. The highest BCUT2D eigenvalue weighted by Gasteiger charge is 2.11. The third-order valence-corrected chi connectivity index (χ3v) is 4.07. The maximum absolute atomic E-state index is 11.8. The predicted molar refractivity (Wildman–Crippen MR) is 72.2 cm³/mol. The number of nitrogens with zero attached hydrogens (tertiary/aromatic N) is 3. The maximum atomic E-state index is 11.8. The van der Waals surface area contributed by atoms with E-state index in [9.17, 15) is 4.79 Å². The summed E-state index contributed by atoms with van der Waals surface area (Å²) in [5.74, 6) is 0.993. The molecular weight excluding hydrogens is 256 g/mol. The Kier molecular flexibility index (Phi) is 3.39. The molecule has 5 nitrogen and oxygen atoms in total. The quantitative estimate of drug-likeness (QED) is 0.683. The van der Waals surface area contributed by atoms with Crippen LogP contribution in [-0.4, -0.2) is 24.9 Å². The summed E-state index contributed by atoms with van der Waals surface area (Å²) in [6.07, 6.45) is 1.08. The number of hydrogen-bond acceptors (Lipinski definition) is 4. The van der Waals surface area contributed by atoms with E-state index in [-0.39, 0.29) is 5.69 Å². The van der Waals surface area contributed by atoms with Crippen LogP contribution in [0.4, 0.5) is 0 Å². The molecule has 0 saturated heterocycles. The third kappa shape index (κ3) is 2.04. The number of aryl methyl sites for hydroxylation is 1.